The summed E-state index contributed by atoms with van der Waals surface area (Å²) in [4.78, 5) is 26.0. The van der Waals surface area contributed by atoms with Gasteiger partial charge < -0.3 is 20.1 Å². The molecule has 0 aliphatic carbocycles. The number of hydrogen-bond acceptors (Lipinski definition) is 4. The first-order valence-corrected chi connectivity index (χ1v) is 12.3. The lowest BCUT2D eigenvalue weighted by molar-refractivity contribution is 0.0883. The second-order valence-electron chi connectivity index (χ2n) is 8.01. The minimum absolute atomic E-state index is 0.318. The number of carbonyl (C=O) groups excluding carboxylic acids is 2. The Hall–Kier alpha value is -2.84. The second-order valence-corrected chi connectivity index (χ2v) is 9.84. The number of halogens is 2. The first-order valence-electron chi connectivity index (χ1n) is 10.7. The van der Waals surface area contributed by atoms with E-state index in [-0.39, 0.29) is 11.8 Å². The molecule has 0 saturated heterocycles. The van der Waals surface area contributed by atoms with Crippen molar-refractivity contribution < 1.29 is 19.1 Å². The van der Waals surface area contributed by atoms with Gasteiger partial charge in [0.15, 0.2) is 11.5 Å². The van der Waals surface area contributed by atoms with Crippen molar-refractivity contribution >= 4 is 43.7 Å². The molecule has 0 aliphatic heterocycles. The standard InChI is InChI=1S/C26H26Br2N2O4/c1-16(2)15-34-23-14-19(8-13-22(23)33-3)24(29-25(31)17-4-9-20(27)10-5-17)30-26(32)18-6-11-21(28)12-7-18/h4-14,16,24H,15H2,1-3H3,(H,29,31)(H,30,32). The third-order valence-electron chi connectivity index (χ3n) is 4.86. The fourth-order valence-corrected chi connectivity index (χ4v) is 3.60. The van der Waals surface area contributed by atoms with Crippen LogP contribution in [0.15, 0.2) is 75.7 Å². The van der Waals surface area contributed by atoms with Crippen LogP contribution in [-0.2, 0) is 0 Å². The van der Waals surface area contributed by atoms with Crippen LogP contribution in [0.25, 0.3) is 0 Å². The van der Waals surface area contributed by atoms with Crippen molar-refractivity contribution in [1.82, 2.24) is 10.6 Å². The molecule has 178 valence electrons. The molecule has 0 aromatic heterocycles. The van der Waals surface area contributed by atoms with Gasteiger partial charge in [-0.05, 0) is 72.1 Å². The highest BCUT2D eigenvalue weighted by molar-refractivity contribution is 9.10. The summed E-state index contributed by atoms with van der Waals surface area (Å²) in [6.45, 7) is 4.60. The van der Waals surface area contributed by atoms with Crippen LogP contribution in [0.4, 0.5) is 0 Å². The van der Waals surface area contributed by atoms with E-state index in [2.05, 4.69) is 56.3 Å². The van der Waals surface area contributed by atoms with E-state index in [4.69, 9.17) is 9.47 Å². The number of carbonyl (C=O) groups is 2. The third-order valence-corrected chi connectivity index (χ3v) is 5.91. The molecule has 0 heterocycles. The Balaban J connectivity index is 1.92. The number of amides is 2. The topological polar surface area (TPSA) is 76.7 Å². The summed E-state index contributed by atoms with van der Waals surface area (Å²) in [6.07, 6.45) is -0.806. The zero-order valence-electron chi connectivity index (χ0n) is 19.1. The van der Waals surface area contributed by atoms with E-state index in [1.165, 1.54) is 0 Å². The molecule has 6 nitrogen and oxygen atoms in total. The van der Waals surface area contributed by atoms with Crippen molar-refractivity contribution in [3.63, 3.8) is 0 Å². The molecule has 0 fully saturated rings. The number of hydrogen-bond donors (Lipinski definition) is 2. The summed E-state index contributed by atoms with van der Waals surface area (Å²) >= 11 is 6.75. The maximum absolute atomic E-state index is 13.0. The van der Waals surface area contributed by atoms with Gasteiger partial charge in [-0.15, -0.1) is 0 Å². The van der Waals surface area contributed by atoms with Gasteiger partial charge in [0.25, 0.3) is 11.8 Å². The zero-order chi connectivity index (χ0) is 24.7. The van der Waals surface area contributed by atoms with Crippen molar-refractivity contribution in [2.45, 2.75) is 20.0 Å². The van der Waals surface area contributed by atoms with Crippen molar-refractivity contribution in [2.75, 3.05) is 13.7 Å². The highest BCUT2D eigenvalue weighted by Gasteiger charge is 2.21. The quantitative estimate of drug-likeness (QED) is 0.295. The summed E-state index contributed by atoms with van der Waals surface area (Å²) in [7, 11) is 1.57. The number of benzene rings is 3. The Bertz CT molecular complexity index is 1070. The van der Waals surface area contributed by atoms with E-state index in [0.29, 0.717) is 40.7 Å². The molecule has 0 bridgehead atoms. The average Bonchev–Trinajstić information content (AvgIpc) is 2.82. The summed E-state index contributed by atoms with van der Waals surface area (Å²) < 4.78 is 13.1. The van der Waals surface area contributed by atoms with Gasteiger partial charge in [0.1, 0.15) is 6.17 Å². The number of nitrogens with one attached hydrogen (secondary N) is 2. The van der Waals surface area contributed by atoms with E-state index in [0.717, 1.165) is 8.95 Å². The minimum Gasteiger partial charge on any atom is -0.493 e. The molecule has 3 rings (SSSR count). The molecule has 0 saturated carbocycles. The van der Waals surface area contributed by atoms with Crippen LogP contribution < -0.4 is 20.1 Å². The fraction of sp³-hybridized carbons (Fsp3) is 0.231. The Kier molecular flexibility index (Phi) is 9.12. The maximum atomic E-state index is 13.0. The lowest BCUT2D eigenvalue weighted by Gasteiger charge is -2.22. The first kappa shape index (κ1) is 25.8. The number of methoxy groups -OCH3 is 1. The van der Waals surface area contributed by atoms with Gasteiger partial charge in [-0.25, -0.2) is 0 Å². The molecule has 0 atom stereocenters. The Morgan fingerprint density at radius 3 is 1.74 bits per heavy atom. The molecule has 0 spiro atoms. The molecule has 34 heavy (non-hydrogen) atoms. The molecule has 0 aliphatic rings. The van der Waals surface area contributed by atoms with Crippen LogP contribution in [0.1, 0.15) is 46.3 Å². The van der Waals surface area contributed by atoms with Gasteiger partial charge in [0, 0.05) is 20.1 Å². The summed E-state index contributed by atoms with van der Waals surface area (Å²) in [5, 5.41) is 5.84. The van der Waals surface area contributed by atoms with Gasteiger partial charge >= 0.3 is 0 Å². The van der Waals surface area contributed by atoms with Crippen LogP contribution >= 0.6 is 31.9 Å². The van der Waals surface area contributed by atoms with Gasteiger partial charge in [0.05, 0.1) is 13.7 Å². The second kappa shape index (κ2) is 12.0. The number of ether oxygens (including phenoxy) is 2. The molecule has 0 unspecified atom stereocenters. The molecule has 3 aromatic rings. The monoisotopic (exact) mass is 588 g/mol. The summed E-state index contributed by atoms with van der Waals surface area (Å²) in [6, 6.07) is 19.3. The first-order chi connectivity index (χ1) is 16.3. The van der Waals surface area contributed by atoms with E-state index in [1.54, 1.807) is 73.8 Å². The van der Waals surface area contributed by atoms with Gasteiger partial charge in [-0.2, -0.15) is 0 Å². The Morgan fingerprint density at radius 2 is 1.29 bits per heavy atom. The van der Waals surface area contributed by atoms with Crippen LogP contribution in [0, 0.1) is 5.92 Å². The zero-order valence-corrected chi connectivity index (χ0v) is 22.3. The molecular formula is C26H26Br2N2O4. The predicted octanol–water partition coefficient (Wildman–Crippen LogP) is 6.11. The van der Waals surface area contributed by atoms with E-state index < -0.39 is 6.17 Å². The Morgan fingerprint density at radius 1 is 0.794 bits per heavy atom. The normalized spacial score (nSPS) is 10.8. The largest absolute Gasteiger partial charge is 0.493 e. The van der Waals surface area contributed by atoms with Crippen LogP contribution in [-0.4, -0.2) is 25.5 Å². The number of rotatable bonds is 9. The lowest BCUT2D eigenvalue weighted by atomic mass is 10.1. The Labute approximate surface area is 216 Å². The van der Waals surface area contributed by atoms with Crippen LogP contribution in [0.3, 0.4) is 0 Å². The summed E-state index contributed by atoms with van der Waals surface area (Å²) in [5.41, 5.74) is 1.59. The molecular weight excluding hydrogens is 564 g/mol. The predicted molar refractivity (Wildman–Crippen MR) is 139 cm³/mol. The van der Waals surface area contributed by atoms with E-state index in [9.17, 15) is 9.59 Å². The molecule has 2 N–H and O–H groups in total. The minimum atomic E-state index is -0.806. The SMILES string of the molecule is COc1ccc(C(NC(=O)c2ccc(Br)cc2)NC(=O)c2ccc(Br)cc2)cc1OCC(C)C. The summed E-state index contributed by atoms with van der Waals surface area (Å²) in [5.74, 6) is 0.776. The maximum Gasteiger partial charge on any atom is 0.253 e. The highest BCUT2D eigenvalue weighted by atomic mass is 79.9. The van der Waals surface area contributed by atoms with Gasteiger partial charge in [0.2, 0.25) is 0 Å². The average molecular weight is 590 g/mol. The fourth-order valence-electron chi connectivity index (χ4n) is 3.08. The molecule has 8 heteroatoms. The molecule has 2 amide bonds. The van der Waals surface area contributed by atoms with Crippen LogP contribution in [0.2, 0.25) is 0 Å². The highest BCUT2D eigenvalue weighted by Crippen LogP contribution is 2.30. The smallest absolute Gasteiger partial charge is 0.253 e. The van der Waals surface area contributed by atoms with E-state index >= 15 is 0 Å². The van der Waals surface area contributed by atoms with Crippen molar-refractivity contribution in [1.29, 1.82) is 0 Å². The van der Waals surface area contributed by atoms with Crippen LogP contribution in [0.5, 0.6) is 11.5 Å². The van der Waals surface area contributed by atoms with Gasteiger partial charge in [-0.3, -0.25) is 9.59 Å². The lowest BCUT2D eigenvalue weighted by Crippen LogP contribution is -2.41. The van der Waals surface area contributed by atoms with Crippen molar-refractivity contribution in [2.24, 2.45) is 5.92 Å². The van der Waals surface area contributed by atoms with Gasteiger partial charge in [-0.1, -0.05) is 51.8 Å². The van der Waals surface area contributed by atoms with Crippen molar-refractivity contribution in [3.05, 3.63) is 92.4 Å². The molecule has 0 radical (unpaired) electrons. The van der Waals surface area contributed by atoms with Crippen molar-refractivity contribution in [3.8, 4) is 11.5 Å². The third kappa shape index (κ3) is 7.08. The van der Waals surface area contributed by atoms with E-state index in [1.807, 2.05) is 0 Å². The molecule has 3 aromatic carbocycles.